The van der Waals surface area contributed by atoms with E-state index < -0.39 is 30.4 Å². The fraction of sp³-hybridized carbons (Fsp3) is 0.222. The minimum atomic E-state index is -4.43. The molecule has 0 aliphatic carbocycles. The normalized spacial score (nSPS) is 11.0. The molecule has 0 radical (unpaired) electrons. The Bertz CT molecular complexity index is 813. The number of rotatable bonds is 8. The molecule has 5 nitrogen and oxygen atoms in total. The van der Waals surface area contributed by atoms with Crippen molar-refractivity contribution in [3.8, 4) is 5.75 Å². The lowest BCUT2D eigenvalue weighted by molar-refractivity contribution is -0.153. The fourth-order valence-corrected chi connectivity index (χ4v) is 2.60. The van der Waals surface area contributed by atoms with Gasteiger partial charge in [0.15, 0.2) is 6.61 Å². The zero-order valence-corrected chi connectivity index (χ0v) is 15.2. The molecule has 0 atom stereocenters. The van der Waals surface area contributed by atoms with Crippen molar-refractivity contribution >= 4 is 35.0 Å². The van der Waals surface area contributed by atoms with Crippen LogP contribution in [0.2, 0.25) is 0 Å². The van der Waals surface area contributed by atoms with Crippen molar-refractivity contribution in [2.75, 3.05) is 28.7 Å². The van der Waals surface area contributed by atoms with E-state index in [1.807, 2.05) is 0 Å². The molecule has 2 aromatic rings. The van der Waals surface area contributed by atoms with Crippen molar-refractivity contribution in [2.24, 2.45) is 0 Å². The standard InChI is InChI=1S/C18H16F4N2O3S/c19-14-3-1-2-4-15(14)24-17(26)10-28-9-16(25)23-12-5-7-13(8-6-12)27-11-18(20,21)22/h1-8H,9-11H2,(H,23,25)(H,24,26). The lowest BCUT2D eigenvalue weighted by atomic mass is 10.3. The number of thioether (sulfide) groups is 1. The minimum Gasteiger partial charge on any atom is -0.484 e. The molecular formula is C18H16F4N2O3S. The highest BCUT2D eigenvalue weighted by molar-refractivity contribution is 8.00. The summed E-state index contributed by atoms with van der Waals surface area (Å²) in [7, 11) is 0. The summed E-state index contributed by atoms with van der Waals surface area (Å²) in [5.41, 5.74) is 0.436. The lowest BCUT2D eigenvalue weighted by Gasteiger charge is -2.10. The number of halogens is 4. The molecule has 0 aliphatic rings. The van der Waals surface area contributed by atoms with Gasteiger partial charge in [-0.2, -0.15) is 13.2 Å². The van der Waals surface area contributed by atoms with Crippen LogP contribution in [-0.2, 0) is 9.59 Å². The molecule has 0 fully saturated rings. The van der Waals surface area contributed by atoms with E-state index in [-0.39, 0.29) is 22.9 Å². The Kier molecular flexibility index (Phi) is 7.68. The van der Waals surface area contributed by atoms with Crippen molar-refractivity contribution in [3.63, 3.8) is 0 Å². The van der Waals surface area contributed by atoms with Crippen LogP contribution in [0.25, 0.3) is 0 Å². The van der Waals surface area contributed by atoms with Crippen molar-refractivity contribution in [1.82, 2.24) is 0 Å². The molecule has 2 aromatic carbocycles. The van der Waals surface area contributed by atoms with Crippen LogP contribution >= 0.6 is 11.8 Å². The van der Waals surface area contributed by atoms with Crippen molar-refractivity contribution in [3.05, 3.63) is 54.3 Å². The Morgan fingerprint density at radius 1 is 0.929 bits per heavy atom. The number of hydrogen-bond donors (Lipinski definition) is 2. The predicted molar refractivity (Wildman–Crippen MR) is 99.0 cm³/mol. The number of nitrogens with one attached hydrogen (secondary N) is 2. The zero-order valence-electron chi connectivity index (χ0n) is 14.4. The van der Waals surface area contributed by atoms with E-state index in [1.54, 1.807) is 6.07 Å². The maximum absolute atomic E-state index is 13.4. The van der Waals surface area contributed by atoms with Crippen molar-refractivity contribution in [1.29, 1.82) is 0 Å². The van der Waals surface area contributed by atoms with Gasteiger partial charge in [-0.25, -0.2) is 4.39 Å². The van der Waals surface area contributed by atoms with Crippen molar-refractivity contribution in [2.45, 2.75) is 6.18 Å². The first-order valence-electron chi connectivity index (χ1n) is 7.94. The van der Waals surface area contributed by atoms with Gasteiger partial charge in [-0.1, -0.05) is 12.1 Å². The largest absolute Gasteiger partial charge is 0.484 e. The Hall–Kier alpha value is -2.75. The molecule has 0 bridgehead atoms. The highest BCUT2D eigenvalue weighted by Crippen LogP contribution is 2.20. The number of ether oxygens (including phenoxy) is 1. The molecule has 150 valence electrons. The van der Waals surface area contributed by atoms with Gasteiger partial charge in [0.05, 0.1) is 17.2 Å². The van der Waals surface area contributed by atoms with Crippen LogP contribution in [0.15, 0.2) is 48.5 Å². The highest BCUT2D eigenvalue weighted by atomic mass is 32.2. The summed E-state index contributed by atoms with van der Waals surface area (Å²) in [4.78, 5) is 23.6. The third-order valence-corrected chi connectivity index (χ3v) is 4.09. The van der Waals surface area contributed by atoms with E-state index in [0.29, 0.717) is 5.69 Å². The summed E-state index contributed by atoms with van der Waals surface area (Å²) >= 11 is 1.03. The number of alkyl halides is 3. The monoisotopic (exact) mass is 416 g/mol. The Morgan fingerprint density at radius 3 is 2.14 bits per heavy atom. The Balaban J connectivity index is 1.70. The molecule has 10 heteroatoms. The molecule has 0 aromatic heterocycles. The number of amides is 2. The maximum atomic E-state index is 13.4. The summed E-state index contributed by atoms with van der Waals surface area (Å²) < 4.78 is 54.2. The van der Waals surface area contributed by atoms with Gasteiger partial charge in [-0.3, -0.25) is 9.59 Å². The average Bonchev–Trinajstić information content (AvgIpc) is 2.62. The second-order valence-corrected chi connectivity index (χ2v) is 6.48. The summed E-state index contributed by atoms with van der Waals surface area (Å²) in [6, 6.07) is 11.1. The first-order chi connectivity index (χ1) is 13.2. The molecule has 2 N–H and O–H groups in total. The number of carbonyl (C=O) groups excluding carboxylic acids is 2. The summed E-state index contributed by atoms with van der Waals surface area (Å²) in [6.07, 6.45) is -4.43. The van der Waals surface area contributed by atoms with Crippen LogP contribution in [0.4, 0.5) is 28.9 Å². The number of anilines is 2. The van der Waals surface area contributed by atoms with Gasteiger partial charge in [0.1, 0.15) is 11.6 Å². The molecule has 28 heavy (non-hydrogen) atoms. The van der Waals surface area contributed by atoms with Gasteiger partial charge in [0, 0.05) is 5.69 Å². The van der Waals surface area contributed by atoms with E-state index in [0.717, 1.165) is 11.8 Å². The van der Waals surface area contributed by atoms with Crippen molar-refractivity contribution < 1.29 is 31.9 Å². The maximum Gasteiger partial charge on any atom is 0.422 e. The lowest BCUT2D eigenvalue weighted by Crippen LogP contribution is -2.19. The summed E-state index contributed by atoms with van der Waals surface area (Å²) in [5, 5.41) is 4.95. The second kappa shape index (κ2) is 9.98. The quantitative estimate of drug-likeness (QED) is 0.637. The van der Waals surface area contributed by atoms with E-state index in [4.69, 9.17) is 0 Å². The number of para-hydroxylation sites is 1. The van der Waals surface area contributed by atoms with Crippen LogP contribution < -0.4 is 15.4 Å². The molecule has 0 heterocycles. The predicted octanol–water partition coefficient (Wildman–Crippen LogP) is 4.08. The SMILES string of the molecule is O=C(CSCC(=O)Nc1ccccc1F)Nc1ccc(OCC(F)(F)F)cc1. The summed E-state index contributed by atoms with van der Waals surface area (Å²) in [5.74, 6) is -1.46. The van der Waals surface area contributed by atoms with Crippen LogP contribution in [0.3, 0.4) is 0 Å². The Morgan fingerprint density at radius 2 is 1.54 bits per heavy atom. The van der Waals surface area contributed by atoms with Crippen LogP contribution in [0.1, 0.15) is 0 Å². The third-order valence-electron chi connectivity index (χ3n) is 3.15. The highest BCUT2D eigenvalue weighted by Gasteiger charge is 2.28. The van der Waals surface area contributed by atoms with Gasteiger partial charge in [-0.05, 0) is 36.4 Å². The molecule has 0 unspecified atom stereocenters. The van der Waals surface area contributed by atoms with Gasteiger partial charge in [0.2, 0.25) is 11.8 Å². The minimum absolute atomic E-state index is 0.0227. The third kappa shape index (κ3) is 7.87. The van der Waals surface area contributed by atoms with Gasteiger partial charge in [0.25, 0.3) is 0 Å². The first kappa shape index (κ1) is 21.5. The molecular weight excluding hydrogens is 400 g/mol. The zero-order chi connectivity index (χ0) is 20.6. The summed E-state index contributed by atoms with van der Waals surface area (Å²) in [6.45, 7) is -1.40. The average molecular weight is 416 g/mol. The molecule has 0 spiro atoms. The second-order valence-electron chi connectivity index (χ2n) is 5.50. The first-order valence-corrected chi connectivity index (χ1v) is 9.10. The van der Waals surface area contributed by atoms with Gasteiger partial charge in [-0.15, -0.1) is 11.8 Å². The fourth-order valence-electron chi connectivity index (χ4n) is 1.98. The topological polar surface area (TPSA) is 67.4 Å². The number of hydrogen-bond acceptors (Lipinski definition) is 4. The van der Waals surface area contributed by atoms with E-state index >= 15 is 0 Å². The smallest absolute Gasteiger partial charge is 0.422 e. The van der Waals surface area contributed by atoms with Gasteiger partial charge >= 0.3 is 6.18 Å². The molecule has 2 rings (SSSR count). The molecule has 0 saturated heterocycles. The Labute approximate surface area is 162 Å². The number of benzene rings is 2. The van der Waals surface area contributed by atoms with Crippen LogP contribution in [-0.4, -0.2) is 36.1 Å². The van der Waals surface area contributed by atoms with Gasteiger partial charge < -0.3 is 15.4 Å². The van der Waals surface area contributed by atoms with E-state index in [2.05, 4.69) is 15.4 Å². The number of carbonyl (C=O) groups is 2. The van der Waals surface area contributed by atoms with E-state index in [9.17, 15) is 27.2 Å². The van der Waals surface area contributed by atoms with E-state index in [1.165, 1.54) is 42.5 Å². The van der Waals surface area contributed by atoms with Crippen LogP contribution in [0.5, 0.6) is 5.75 Å². The molecule has 0 aliphatic heterocycles. The molecule has 2 amide bonds. The molecule has 0 saturated carbocycles. The van der Waals surface area contributed by atoms with Crippen LogP contribution in [0, 0.1) is 5.82 Å².